The van der Waals surface area contributed by atoms with Crippen molar-refractivity contribution in [2.45, 2.75) is 38.8 Å². The third kappa shape index (κ3) is 2.88. The van der Waals surface area contributed by atoms with Crippen molar-refractivity contribution in [1.29, 1.82) is 0 Å². The van der Waals surface area contributed by atoms with E-state index in [0.717, 1.165) is 19.4 Å². The summed E-state index contributed by atoms with van der Waals surface area (Å²) in [4.78, 5) is 18.9. The molecule has 0 unspecified atom stereocenters. The Balaban J connectivity index is 1.75. The number of carbonyl (C=O) groups is 1. The molecule has 2 aromatic heterocycles. The molecule has 3 heterocycles. The Morgan fingerprint density at radius 2 is 2.18 bits per heavy atom. The molecule has 0 aliphatic carbocycles. The van der Waals surface area contributed by atoms with Crippen molar-refractivity contribution in [3.05, 3.63) is 31.1 Å². The number of hydrogen-bond donors (Lipinski definition) is 0. The molecular formula is C15H22N6O. The topological polar surface area (TPSA) is 68.8 Å². The number of likely N-dealkylation sites (tertiary alicyclic amines) is 1. The second kappa shape index (κ2) is 6.29. The van der Waals surface area contributed by atoms with Gasteiger partial charge in [-0.15, -0.1) is 0 Å². The van der Waals surface area contributed by atoms with E-state index in [1.54, 1.807) is 17.2 Å². The Hall–Kier alpha value is -2.18. The molecular weight excluding hydrogens is 280 g/mol. The van der Waals surface area contributed by atoms with E-state index >= 15 is 0 Å². The van der Waals surface area contributed by atoms with Gasteiger partial charge in [0.1, 0.15) is 18.7 Å². The monoisotopic (exact) mass is 302 g/mol. The lowest BCUT2D eigenvalue weighted by Crippen LogP contribution is -2.45. The van der Waals surface area contributed by atoms with Gasteiger partial charge in [-0.25, -0.2) is 9.67 Å². The van der Waals surface area contributed by atoms with Crippen LogP contribution in [0, 0.1) is 5.92 Å². The summed E-state index contributed by atoms with van der Waals surface area (Å²) >= 11 is 0. The summed E-state index contributed by atoms with van der Waals surface area (Å²) in [7, 11) is 0. The minimum Gasteiger partial charge on any atom is -0.339 e. The third-order valence-corrected chi connectivity index (χ3v) is 4.21. The van der Waals surface area contributed by atoms with Gasteiger partial charge in [-0.1, -0.05) is 13.8 Å². The van der Waals surface area contributed by atoms with Crippen molar-refractivity contribution in [2.24, 2.45) is 5.92 Å². The molecule has 1 aliphatic rings. The van der Waals surface area contributed by atoms with Crippen molar-refractivity contribution < 1.29 is 4.79 Å². The zero-order valence-corrected chi connectivity index (χ0v) is 13.0. The zero-order valence-electron chi connectivity index (χ0n) is 13.0. The number of piperidine rings is 1. The number of carbonyl (C=O) groups excluding carboxylic acids is 1. The summed E-state index contributed by atoms with van der Waals surface area (Å²) in [5, 5.41) is 8.48. The normalized spacial score (nSPS) is 20.3. The summed E-state index contributed by atoms with van der Waals surface area (Å²) in [5.41, 5.74) is 0. The number of hydrogen-bond acceptors (Lipinski definition) is 4. The van der Waals surface area contributed by atoms with E-state index in [-0.39, 0.29) is 23.9 Å². The molecule has 1 fully saturated rings. The van der Waals surface area contributed by atoms with E-state index in [1.165, 1.54) is 6.33 Å². The molecule has 7 nitrogen and oxygen atoms in total. The van der Waals surface area contributed by atoms with Gasteiger partial charge in [-0.05, 0) is 24.8 Å². The van der Waals surface area contributed by atoms with Gasteiger partial charge in [-0.3, -0.25) is 9.48 Å². The predicted molar refractivity (Wildman–Crippen MR) is 81.0 cm³/mol. The van der Waals surface area contributed by atoms with Crippen molar-refractivity contribution in [3.8, 4) is 0 Å². The first-order valence-corrected chi connectivity index (χ1v) is 7.79. The van der Waals surface area contributed by atoms with Crippen molar-refractivity contribution >= 4 is 5.91 Å². The fraction of sp³-hybridized carbons (Fsp3) is 0.600. The molecule has 22 heavy (non-hydrogen) atoms. The summed E-state index contributed by atoms with van der Waals surface area (Å²) in [5.74, 6) is 0.289. The minimum atomic E-state index is -0.293. The summed E-state index contributed by atoms with van der Waals surface area (Å²) in [6, 6.07) is 1.89. The van der Waals surface area contributed by atoms with Crippen LogP contribution in [-0.2, 0) is 4.79 Å². The van der Waals surface area contributed by atoms with Gasteiger partial charge in [0.05, 0.1) is 6.04 Å². The van der Waals surface area contributed by atoms with Crippen LogP contribution in [0.3, 0.4) is 0 Å². The molecule has 7 heteroatoms. The fourth-order valence-electron chi connectivity index (χ4n) is 3.12. The van der Waals surface area contributed by atoms with E-state index < -0.39 is 0 Å². The Labute approximate surface area is 129 Å². The molecule has 0 aromatic carbocycles. The molecule has 3 rings (SSSR count). The molecule has 0 spiro atoms. The van der Waals surface area contributed by atoms with Crippen LogP contribution in [0.2, 0.25) is 0 Å². The Bertz CT molecular complexity index is 592. The minimum absolute atomic E-state index is 0.123. The Morgan fingerprint density at radius 3 is 2.82 bits per heavy atom. The second-order valence-electron chi connectivity index (χ2n) is 6.13. The molecule has 1 amide bonds. The summed E-state index contributed by atoms with van der Waals surface area (Å²) in [6.45, 7) is 5.59. The molecule has 0 saturated carbocycles. The third-order valence-electron chi connectivity index (χ3n) is 4.21. The maximum absolute atomic E-state index is 13.0. The molecule has 118 valence electrons. The van der Waals surface area contributed by atoms with Crippen LogP contribution in [0.5, 0.6) is 0 Å². The van der Waals surface area contributed by atoms with Crippen molar-refractivity contribution in [3.63, 3.8) is 0 Å². The first-order valence-electron chi connectivity index (χ1n) is 7.79. The van der Waals surface area contributed by atoms with E-state index in [1.807, 2.05) is 35.7 Å². The molecule has 1 saturated heterocycles. The number of rotatable bonds is 4. The van der Waals surface area contributed by atoms with Crippen LogP contribution in [-0.4, -0.2) is 48.4 Å². The van der Waals surface area contributed by atoms with Gasteiger partial charge < -0.3 is 4.90 Å². The molecule has 2 atom stereocenters. The van der Waals surface area contributed by atoms with Crippen LogP contribution in [0.15, 0.2) is 31.1 Å². The summed E-state index contributed by atoms with van der Waals surface area (Å²) in [6.07, 6.45) is 8.91. The maximum atomic E-state index is 13.0. The molecule has 0 bridgehead atoms. The molecule has 0 radical (unpaired) electrons. The van der Waals surface area contributed by atoms with Crippen LogP contribution in [0.1, 0.15) is 38.8 Å². The first-order chi connectivity index (χ1) is 10.7. The van der Waals surface area contributed by atoms with Gasteiger partial charge in [0.2, 0.25) is 5.91 Å². The van der Waals surface area contributed by atoms with E-state index in [2.05, 4.69) is 15.2 Å². The van der Waals surface area contributed by atoms with Gasteiger partial charge in [0, 0.05) is 25.5 Å². The van der Waals surface area contributed by atoms with Gasteiger partial charge in [0.15, 0.2) is 0 Å². The molecule has 0 N–H and O–H groups in total. The number of nitrogens with zero attached hydrogens (tertiary/aromatic N) is 6. The Morgan fingerprint density at radius 1 is 1.32 bits per heavy atom. The van der Waals surface area contributed by atoms with E-state index in [0.29, 0.717) is 6.54 Å². The highest BCUT2D eigenvalue weighted by Gasteiger charge is 2.32. The van der Waals surface area contributed by atoms with Crippen LogP contribution >= 0.6 is 0 Å². The lowest BCUT2D eigenvalue weighted by Gasteiger charge is -2.35. The van der Waals surface area contributed by atoms with Crippen molar-refractivity contribution in [2.75, 3.05) is 13.1 Å². The quantitative estimate of drug-likeness (QED) is 0.859. The lowest BCUT2D eigenvalue weighted by molar-refractivity contribution is -0.138. The average Bonchev–Trinajstić information content (AvgIpc) is 3.21. The van der Waals surface area contributed by atoms with Crippen molar-refractivity contribution in [1.82, 2.24) is 29.4 Å². The lowest BCUT2D eigenvalue weighted by atomic mass is 10.00. The van der Waals surface area contributed by atoms with Gasteiger partial charge >= 0.3 is 0 Å². The van der Waals surface area contributed by atoms with E-state index in [4.69, 9.17) is 0 Å². The van der Waals surface area contributed by atoms with Crippen LogP contribution in [0.4, 0.5) is 0 Å². The number of amides is 1. The fourth-order valence-corrected chi connectivity index (χ4v) is 3.12. The molecule has 2 aromatic rings. The van der Waals surface area contributed by atoms with Gasteiger partial charge in [-0.2, -0.15) is 10.2 Å². The second-order valence-corrected chi connectivity index (χ2v) is 6.13. The van der Waals surface area contributed by atoms with Gasteiger partial charge in [0.25, 0.3) is 0 Å². The highest BCUT2D eigenvalue weighted by molar-refractivity contribution is 5.80. The predicted octanol–water partition coefficient (Wildman–Crippen LogP) is 1.54. The summed E-state index contributed by atoms with van der Waals surface area (Å²) < 4.78 is 3.63. The zero-order chi connectivity index (χ0) is 15.5. The average molecular weight is 302 g/mol. The molecule has 1 aliphatic heterocycles. The standard InChI is InChI=1S/C15H22N6O/c1-12(2)14(21-11-16-10-18-21)15(22)19-7-3-5-13(9-19)20-8-4-6-17-20/h4,6,8,10-14H,3,5,7,9H2,1-2H3/t13-,14-/m0/s1. The first kappa shape index (κ1) is 14.7. The SMILES string of the molecule is CC(C)[C@@H](C(=O)N1CCC[C@H](n2cccn2)C1)n1cncn1. The van der Waals surface area contributed by atoms with Crippen LogP contribution in [0.25, 0.3) is 0 Å². The maximum Gasteiger partial charge on any atom is 0.247 e. The van der Waals surface area contributed by atoms with E-state index in [9.17, 15) is 4.79 Å². The van der Waals surface area contributed by atoms with Crippen LogP contribution < -0.4 is 0 Å². The highest BCUT2D eigenvalue weighted by Crippen LogP contribution is 2.25. The Kier molecular flexibility index (Phi) is 4.22. The largest absolute Gasteiger partial charge is 0.339 e. The number of aromatic nitrogens is 5. The smallest absolute Gasteiger partial charge is 0.247 e. The highest BCUT2D eigenvalue weighted by atomic mass is 16.2.